The molecule has 15 heavy (non-hydrogen) atoms. The molecule has 1 atom stereocenters. The van der Waals surface area contributed by atoms with Gasteiger partial charge in [0.2, 0.25) is 0 Å². The molecule has 6 heteroatoms. The van der Waals surface area contributed by atoms with Crippen molar-refractivity contribution in [3.63, 3.8) is 0 Å². The summed E-state index contributed by atoms with van der Waals surface area (Å²) in [6, 6.07) is 0.319. The van der Waals surface area contributed by atoms with Gasteiger partial charge in [-0.1, -0.05) is 5.21 Å². The highest BCUT2D eigenvalue weighted by molar-refractivity contribution is 9.10. The van der Waals surface area contributed by atoms with Crippen LogP contribution < -0.4 is 5.32 Å². The fourth-order valence-corrected chi connectivity index (χ4v) is 2.43. The lowest BCUT2D eigenvalue weighted by Crippen LogP contribution is -2.25. The van der Waals surface area contributed by atoms with Crippen LogP contribution in [0.3, 0.4) is 0 Å². The van der Waals surface area contributed by atoms with Crippen molar-refractivity contribution in [3.8, 4) is 0 Å². The first-order valence-corrected chi connectivity index (χ1v) is 5.79. The minimum Gasteiger partial charge on any atom is -0.314 e. The minimum atomic E-state index is 0.0915. The van der Waals surface area contributed by atoms with Gasteiger partial charge < -0.3 is 5.32 Å². The first kappa shape index (κ1) is 10.8. The van der Waals surface area contributed by atoms with Gasteiger partial charge in [-0.3, -0.25) is 4.79 Å². The van der Waals surface area contributed by atoms with Gasteiger partial charge in [0.1, 0.15) is 5.69 Å². The Kier molecular flexibility index (Phi) is 3.16. The Morgan fingerprint density at radius 1 is 1.73 bits per heavy atom. The molecule has 1 aliphatic heterocycles. The molecule has 2 heterocycles. The number of aromatic nitrogens is 3. The Labute approximate surface area is 96.4 Å². The Morgan fingerprint density at radius 3 is 3.07 bits per heavy atom. The zero-order valence-electron chi connectivity index (χ0n) is 8.53. The summed E-state index contributed by atoms with van der Waals surface area (Å²) in [6.45, 7) is 1.02. The van der Waals surface area contributed by atoms with Crippen LogP contribution in [0.25, 0.3) is 0 Å². The maximum atomic E-state index is 11.9. The third kappa shape index (κ3) is 2.26. The van der Waals surface area contributed by atoms with Crippen LogP contribution in [-0.4, -0.2) is 33.4 Å². The number of aryl methyl sites for hydroxylation is 1. The second-order valence-electron chi connectivity index (χ2n) is 3.77. The average Bonchev–Trinajstić information content (AvgIpc) is 2.77. The fraction of sp³-hybridized carbons (Fsp3) is 0.667. The molecule has 0 bridgehead atoms. The molecule has 1 aliphatic rings. The van der Waals surface area contributed by atoms with Gasteiger partial charge >= 0.3 is 0 Å². The summed E-state index contributed by atoms with van der Waals surface area (Å²) in [5.74, 6) is 0.0915. The maximum Gasteiger partial charge on any atom is 0.185 e. The number of nitrogens with one attached hydrogen (secondary N) is 1. The number of hydrogen-bond donors (Lipinski definition) is 1. The Morgan fingerprint density at radius 2 is 2.53 bits per heavy atom. The van der Waals surface area contributed by atoms with E-state index in [0.717, 1.165) is 19.4 Å². The highest BCUT2D eigenvalue weighted by atomic mass is 79.9. The molecule has 0 aliphatic carbocycles. The van der Waals surface area contributed by atoms with Crippen molar-refractivity contribution in [2.24, 2.45) is 7.05 Å². The molecular weight excluding hydrogens is 260 g/mol. The monoisotopic (exact) mass is 272 g/mol. The molecule has 1 saturated heterocycles. The standard InChI is InChI=1S/C9H13BrN4O/c1-14-8(9(10)12-13-14)7(15)5-6-3-2-4-11-6/h6,11H,2-5H2,1H3. The predicted octanol–water partition coefficient (Wildman–Crippen LogP) is 0.902. The van der Waals surface area contributed by atoms with Crippen LogP contribution in [0.1, 0.15) is 29.8 Å². The van der Waals surface area contributed by atoms with Crippen LogP contribution in [0.2, 0.25) is 0 Å². The molecule has 0 radical (unpaired) electrons. The number of halogens is 1. The quantitative estimate of drug-likeness (QED) is 0.831. The van der Waals surface area contributed by atoms with Gasteiger partial charge in [-0.2, -0.15) is 0 Å². The molecule has 2 rings (SSSR count). The number of hydrogen-bond acceptors (Lipinski definition) is 4. The number of ketones is 1. The molecule has 5 nitrogen and oxygen atoms in total. The average molecular weight is 273 g/mol. The zero-order chi connectivity index (χ0) is 10.8. The van der Waals surface area contributed by atoms with Crippen molar-refractivity contribution in [2.45, 2.75) is 25.3 Å². The largest absolute Gasteiger partial charge is 0.314 e. The molecule has 0 saturated carbocycles. The van der Waals surface area contributed by atoms with Crippen LogP contribution >= 0.6 is 15.9 Å². The summed E-state index contributed by atoms with van der Waals surface area (Å²) in [7, 11) is 1.73. The van der Waals surface area contributed by atoms with E-state index in [9.17, 15) is 4.79 Å². The lowest BCUT2D eigenvalue weighted by Gasteiger charge is -2.08. The van der Waals surface area contributed by atoms with E-state index >= 15 is 0 Å². The summed E-state index contributed by atoms with van der Waals surface area (Å²) >= 11 is 3.23. The van der Waals surface area contributed by atoms with Crippen LogP contribution in [0.5, 0.6) is 0 Å². The van der Waals surface area contributed by atoms with E-state index in [2.05, 4.69) is 31.6 Å². The Bertz CT molecular complexity index is 351. The highest BCUT2D eigenvalue weighted by Crippen LogP contribution is 2.17. The third-order valence-corrected chi connectivity index (χ3v) is 3.18. The van der Waals surface area contributed by atoms with Crippen LogP contribution in [0, 0.1) is 0 Å². The minimum absolute atomic E-state index is 0.0915. The summed E-state index contributed by atoms with van der Waals surface area (Å²) in [4.78, 5) is 11.9. The molecule has 82 valence electrons. The molecule has 0 amide bonds. The van der Waals surface area contributed by atoms with Gasteiger partial charge in [0.25, 0.3) is 0 Å². The third-order valence-electron chi connectivity index (χ3n) is 2.64. The zero-order valence-corrected chi connectivity index (χ0v) is 10.1. The lowest BCUT2D eigenvalue weighted by molar-refractivity contribution is 0.0961. The molecular formula is C9H13BrN4O. The van der Waals surface area contributed by atoms with Crippen molar-refractivity contribution in [2.75, 3.05) is 6.54 Å². The second kappa shape index (κ2) is 4.40. The second-order valence-corrected chi connectivity index (χ2v) is 4.52. The van der Waals surface area contributed by atoms with Gasteiger partial charge in [-0.25, -0.2) is 4.68 Å². The first-order chi connectivity index (χ1) is 7.18. The Balaban J connectivity index is 2.07. The topological polar surface area (TPSA) is 59.8 Å². The summed E-state index contributed by atoms with van der Waals surface area (Å²) in [6.07, 6.45) is 2.76. The first-order valence-electron chi connectivity index (χ1n) is 5.00. The van der Waals surface area contributed by atoms with E-state index in [1.165, 1.54) is 4.68 Å². The molecule has 0 spiro atoms. The van der Waals surface area contributed by atoms with Crippen LogP contribution in [-0.2, 0) is 7.05 Å². The summed E-state index contributed by atoms with van der Waals surface area (Å²) < 4.78 is 2.05. The van der Waals surface area contributed by atoms with Crippen molar-refractivity contribution >= 4 is 21.7 Å². The summed E-state index contributed by atoms with van der Waals surface area (Å²) in [5, 5.41) is 10.9. The van der Waals surface area contributed by atoms with Crippen molar-refractivity contribution in [1.29, 1.82) is 0 Å². The number of Topliss-reactive ketones (excluding diaryl/α,β-unsaturated/α-hetero) is 1. The Hall–Kier alpha value is -0.750. The smallest absolute Gasteiger partial charge is 0.185 e. The van der Waals surface area contributed by atoms with Gasteiger partial charge in [0.15, 0.2) is 10.4 Å². The van der Waals surface area contributed by atoms with Crippen molar-refractivity contribution < 1.29 is 4.79 Å². The number of rotatable bonds is 3. The molecule has 1 unspecified atom stereocenters. The van der Waals surface area contributed by atoms with Gasteiger partial charge in [-0.15, -0.1) is 5.10 Å². The molecule has 1 N–H and O–H groups in total. The lowest BCUT2D eigenvalue weighted by atomic mass is 10.1. The van der Waals surface area contributed by atoms with E-state index in [1.54, 1.807) is 7.05 Å². The normalized spacial score (nSPS) is 20.8. The van der Waals surface area contributed by atoms with Crippen molar-refractivity contribution in [1.82, 2.24) is 20.3 Å². The van der Waals surface area contributed by atoms with E-state index in [0.29, 0.717) is 22.8 Å². The van der Waals surface area contributed by atoms with Crippen molar-refractivity contribution in [3.05, 3.63) is 10.3 Å². The molecule has 1 aromatic rings. The van der Waals surface area contributed by atoms with Crippen LogP contribution in [0.4, 0.5) is 0 Å². The molecule has 0 aromatic carbocycles. The fourth-order valence-electron chi connectivity index (χ4n) is 1.88. The number of carbonyl (C=O) groups is 1. The van der Waals surface area contributed by atoms with E-state index in [1.807, 2.05) is 0 Å². The SMILES string of the molecule is Cn1nnc(Br)c1C(=O)CC1CCCN1. The highest BCUT2D eigenvalue weighted by Gasteiger charge is 2.22. The van der Waals surface area contributed by atoms with E-state index in [-0.39, 0.29) is 5.78 Å². The molecule has 1 aromatic heterocycles. The van der Waals surface area contributed by atoms with E-state index in [4.69, 9.17) is 0 Å². The van der Waals surface area contributed by atoms with Crippen LogP contribution in [0.15, 0.2) is 4.60 Å². The summed E-state index contributed by atoms with van der Waals surface area (Å²) in [5.41, 5.74) is 0.559. The van der Waals surface area contributed by atoms with Gasteiger partial charge in [0, 0.05) is 19.5 Å². The predicted molar refractivity (Wildman–Crippen MR) is 58.7 cm³/mol. The van der Waals surface area contributed by atoms with E-state index < -0.39 is 0 Å². The molecule has 1 fully saturated rings. The van der Waals surface area contributed by atoms with Gasteiger partial charge in [-0.05, 0) is 35.3 Å². The van der Waals surface area contributed by atoms with Gasteiger partial charge in [0.05, 0.1) is 0 Å². The number of nitrogens with zero attached hydrogens (tertiary/aromatic N) is 3. The maximum absolute atomic E-state index is 11.9. The number of carbonyl (C=O) groups excluding carboxylic acids is 1.